The van der Waals surface area contributed by atoms with Gasteiger partial charge in [-0.15, -0.1) is 24.0 Å². The Hall–Kier alpha value is -1.56. The van der Waals surface area contributed by atoms with E-state index in [1.54, 1.807) is 0 Å². The SMILES string of the molecule is CCNC(=NCCc1ccccc1)NCCc1ccccc1.I. The van der Waals surface area contributed by atoms with Crippen molar-refractivity contribution >= 4 is 29.9 Å². The highest BCUT2D eigenvalue weighted by atomic mass is 127. The molecule has 0 atom stereocenters. The normalized spacial score (nSPS) is 10.7. The van der Waals surface area contributed by atoms with Crippen LogP contribution in [-0.2, 0) is 12.8 Å². The third-order valence-corrected chi connectivity index (χ3v) is 3.41. The Morgan fingerprint density at radius 1 is 0.826 bits per heavy atom. The van der Waals surface area contributed by atoms with Gasteiger partial charge < -0.3 is 10.6 Å². The first-order valence-corrected chi connectivity index (χ1v) is 7.98. The monoisotopic (exact) mass is 423 g/mol. The van der Waals surface area contributed by atoms with Crippen molar-refractivity contribution in [1.29, 1.82) is 0 Å². The van der Waals surface area contributed by atoms with Crippen molar-refractivity contribution in [3.05, 3.63) is 71.8 Å². The Bertz CT molecular complexity index is 555. The molecule has 2 rings (SSSR count). The second-order valence-corrected chi connectivity index (χ2v) is 5.16. The number of hydrogen-bond donors (Lipinski definition) is 2. The van der Waals surface area contributed by atoms with E-state index in [0.29, 0.717) is 0 Å². The molecule has 0 amide bonds. The average Bonchev–Trinajstić information content (AvgIpc) is 2.57. The molecule has 0 aliphatic rings. The van der Waals surface area contributed by atoms with Crippen LogP contribution in [0.3, 0.4) is 0 Å². The standard InChI is InChI=1S/C19H25N3.HI/c1-2-20-19(21-15-13-17-9-5-3-6-10-17)22-16-14-18-11-7-4-8-12-18;/h3-12H,2,13-16H2,1H3,(H2,20,21,22);1H. The smallest absolute Gasteiger partial charge is 0.191 e. The summed E-state index contributed by atoms with van der Waals surface area (Å²) in [4.78, 5) is 4.63. The van der Waals surface area contributed by atoms with Crippen molar-refractivity contribution in [2.75, 3.05) is 19.6 Å². The molecule has 2 aromatic rings. The van der Waals surface area contributed by atoms with Gasteiger partial charge in [-0.05, 0) is 30.9 Å². The van der Waals surface area contributed by atoms with Crippen molar-refractivity contribution < 1.29 is 0 Å². The molecule has 0 unspecified atom stereocenters. The lowest BCUT2D eigenvalue weighted by atomic mass is 10.1. The molecule has 0 aliphatic heterocycles. The number of halogens is 1. The quantitative estimate of drug-likeness (QED) is 0.405. The number of rotatable bonds is 7. The molecule has 0 saturated carbocycles. The fourth-order valence-electron chi connectivity index (χ4n) is 2.25. The Balaban J connectivity index is 0.00000264. The highest BCUT2D eigenvalue weighted by Gasteiger charge is 1.98. The zero-order chi connectivity index (χ0) is 15.5. The van der Waals surface area contributed by atoms with Crippen LogP contribution >= 0.6 is 24.0 Å². The Morgan fingerprint density at radius 2 is 1.39 bits per heavy atom. The number of guanidine groups is 1. The van der Waals surface area contributed by atoms with Crippen LogP contribution in [0.1, 0.15) is 18.1 Å². The van der Waals surface area contributed by atoms with Gasteiger partial charge in [0.25, 0.3) is 0 Å². The van der Waals surface area contributed by atoms with Crippen LogP contribution in [0.4, 0.5) is 0 Å². The molecular formula is C19H26IN3. The van der Waals surface area contributed by atoms with Crippen LogP contribution in [-0.4, -0.2) is 25.6 Å². The molecule has 0 fully saturated rings. The van der Waals surface area contributed by atoms with Gasteiger partial charge in [0.05, 0.1) is 0 Å². The molecule has 0 aromatic heterocycles. The first kappa shape index (κ1) is 19.5. The molecule has 2 aromatic carbocycles. The summed E-state index contributed by atoms with van der Waals surface area (Å²) >= 11 is 0. The highest BCUT2D eigenvalue weighted by molar-refractivity contribution is 14.0. The topological polar surface area (TPSA) is 36.4 Å². The molecular weight excluding hydrogens is 397 g/mol. The average molecular weight is 423 g/mol. The van der Waals surface area contributed by atoms with Gasteiger partial charge in [0.2, 0.25) is 0 Å². The Labute approximate surface area is 156 Å². The van der Waals surface area contributed by atoms with E-state index in [9.17, 15) is 0 Å². The van der Waals surface area contributed by atoms with Gasteiger partial charge in [-0.1, -0.05) is 60.7 Å². The van der Waals surface area contributed by atoms with Crippen LogP contribution in [0.15, 0.2) is 65.7 Å². The van der Waals surface area contributed by atoms with Gasteiger partial charge in [0.15, 0.2) is 5.96 Å². The van der Waals surface area contributed by atoms with E-state index in [0.717, 1.165) is 38.4 Å². The minimum absolute atomic E-state index is 0. The molecule has 0 heterocycles. The lowest BCUT2D eigenvalue weighted by molar-refractivity contribution is 0.797. The summed E-state index contributed by atoms with van der Waals surface area (Å²) in [6, 6.07) is 21.0. The van der Waals surface area contributed by atoms with Crippen molar-refractivity contribution in [2.45, 2.75) is 19.8 Å². The molecule has 0 bridgehead atoms. The summed E-state index contributed by atoms with van der Waals surface area (Å²) < 4.78 is 0. The maximum atomic E-state index is 4.63. The number of hydrogen-bond acceptors (Lipinski definition) is 1. The highest BCUT2D eigenvalue weighted by Crippen LogP contribution is 2.00. The number of aliphatic imine (C=N–C) groups is 1. The van der Waals surface area contributed by atoms with Gasteiger partial charge in [-0.3, -0.25) is 4.99 Å². The van der Waals surface area contributed by atoms with E-state index in [1.165, 1.54) is 11.1 Å². The number of benzene rings is 2. The van der Waals surface area contributed by atoms with Crippen molar-refractivity contribution in [2.24, 2.45) is 4.99 Å². The number of nitrogens with zero attached hydrogens (tertiary/aromatic N) is 1. The van der Waals surface area contributed by atoms with Gasteiger partial charge in [-0.25, -0.2) is 0 Å². The second-order valence-electron chi connectivity index (χ2n) is 5.16. The van der Waals surface area contributed by atoms with Crippen LogP contribution in [0, 0.1) is 0 Å². The molecule has 4 heteroatoms. The second kappa shape index (κ2) is 11.9. The molecule has 0 spiro atoms. The first-order valence-electron chi connectivity index (χ1n) is 7.98. The van der Waals surface area contributed by atoms with Crippen molar-refractivity contribution in [1.82, 2.24) is 10.6 Å². The summed E-state index contributed by atoms with van der Waals surface area (Å²) in [5.74, 6) is 0.898. The predicted octanol–water partition coefficient (Wildman–Crippen LogP) is 3.64. The first-order chi connectivity index (χ1) is 10.9. The van der Waals surface area contributed by atoms with Gasteiger partial charge in [-0.2, -0.15) is 0 Å². The van der Waals surface area contributed by atoms with E-state index in [-0.39, 0.29) is 24.0 Å². The fourth-order valence-corrected chi connectivity index (χ4v) is 2.25. The van der Waals surface area contributed by atoms with E-state index < -0.39 is 0 Å². The van der Waals surface area contributed by atoms with Crippen LogP contribution < -0.4 is 10.6 Å². The molecule has 23 heavy (non-hydrogen) atoms. The maximum Gasteiger partial charge on any atom is 0.191 e. The maximum absolute atomic E-state index is 4.63. The summed E-state index contributed by atoms with van der Waals surface area (Å²) in [6.07, 6.45) is 1.97. The minimum Gasteiger partial charge on any atom is -0.357 e. The van der Waals surface area contributed by atoms with Crippen LogP contribution in [0.5, 0.6) is 0 Å². The van der Waals surface area contributed by atoms with Crippen LogP contribution in [0.2, 0.25) is 0 Å². The number of nitrogens with one attached hydrogen (secondary N) is 2. The fraction of sp³-hybridized carbons (Fsp3) is 0.316. The third-order valence-electron chi connectivity index (χ3n) is 3.41. The van der Waals surface area contributed by atoms with E-state index in [4.69, 9.17) is 0 Å². The summed E-state index contributed by atoms with van der Waals surface area (Å²) in [5.41, 5.74) is 2.67. The molecule has 2 N–H and O–H groups in total. The van der Waals surface area contributed by atoms with E-state index in [2.05, 4.69) is 71.1 Å². The lowest BCUT2D eigenvalue weighted by Gasteiger charge is -2.11. The Kier molecular flexibility index (Phi) is 10.1. The third kappa shape index (κ3) is 8.02. The predicted molar refractivity (Wildman–Crippen MR) is 110 cm³/mol. The van der Waals surface area contributed by atoms with Crippen molar-refractivity contribution in [3.8, 4) is 0 Å². The molecule has 0 saturated heterocycles. The zero-order valence-electron chi connectivity index (χ0n) is 13.7. The molecule has 0 radical (unpaired) electrons. The molecule has 124 valence electrons. The Morgan fingerprint density at radius 3 is 1.96 bits per heavy atom. The van der Waals surface area contributed by atoms with Gasteiger partial charge >= 0.3 is 0 Å². The molecule has 3 nitrogen and oxygen atoms in total. The summed E-state index contributed by atoms with van der Waals surface area (Å²) in [7, 11) is 0. The van der Waals surface area contributed by atoms with E-state index in [1.807, 2.05) is 12.1 Å². The van der Waals surface area contributed by atoms with Crippen molar-refractivity contribution in [3.63, 3.8) is 0 Å². The van der Waals surface area contributed by atoms with Gasteiger partial charge in [0.1, 0.15) is 0 Å². The zero-order valence-corrected chi connectivity index (χ0v) is 16.0. The lowest BCUT2D eigenvalue weighted by Crippen LogP contribution is -2.38. The molecule has 0 aliphatic carbocycles. The van der Waals surface area contributed by atoms with Crippen LogP contribution in [0.25, 0.3) is 0 Å². The summed E-state index contributed by atoms with van der Waals surface area (Å²) in [5, 5.41) is 6.69. The largest absolute Gasteiger partial charge is 0.357 e. The van der Waals surface area contributed by atoms with E-state index >= 15 is 0 Å². The van der Waals surface area contributed by atoms with Gasteiger partial charge in [0, 0.05) is 19.6 Å². The minimum atomic E-state index is 0. The summed E-state index contributed by atoms with van der Waals surface area (Å²) in [6.45, 7) is 4.65.